The van der Waals surface area contributed by atoms with Gasteiger partial charge >= 0.3 is 0 Å². The Morgan fingerprint density at radius 2 is 1.93 bits per heavy atom. The van der Waals surface area contributed by atoms with E-state index in [1.165, 1.54) is 5.56 Å². The largest absolute Gasteiger partial charge is 0.487 e. The number of hydrogen-bond donors (Lipinski definition) is 1. The highest BCUT2D eigenvalue weighted by Crippen LogP contribution is 2.40. The molecule has 28 heavy (non-hydrogen) atoms. The van der Waals surface area contributed by atoms with Crippen molar-refractivity contribution in [2.45, 2.75) is 71.6 Å². The Hall–Kier alpha value is -2.49. The third-order valence-electron chi connectivity index (χ3n) is 5.21. The fourth-order valence-corrected chi connectivity index (χ4v) is 3.66. The van der Waals surface area contributed by atoms with E-state index in [1.54, 1.807) is 0 Å². The molecule has 4 heteroatoms. The van der Waals surface area contributed by atoms with Crippen LogP contribution in [-0.4, -0.2) is 17.6 Å². The van der Waals surface area contributed by atoms with E-state index in [2.05, 4.69) is 39.1 Å². The molecule has 150 valence electrons. The summed E-state index contributed by atoms with van der Waals surface area (Å²) in [4.78, 5) is 13.0. The van der Waals surface area contributed by atoms with Crippen LogP contribution in [0.3, 0.4) is 0 Å². The standard InChI is InChI=1S/C24H31NO3/c1-6-17-9-11-18(12-10-17)27-21(7-2)23(26)25-20-15-24(4,5)28-22-13-8-16(3)14-19(20)22/h8-14,20-21H,6-7,15H2,1-5H3,(H,25,26). The van der Waals surface area contributed by atoms with Crippen molar-refractivity contribution in [3.05, 3.63) is 59.2 Å². The summed E-state index contributed by atoms with van der Waals surface area (Å²) in [6.45, 7) is 10.2. The maximum absolute atomic E-state index is 13.0. The second-order valence-electron chi connectivity index (χ2n) is 8.18. The van der Waals surface area contributed by atoms with Crippen LogP contribution < -0.4 is 14.8 Å². The van der Waals surface area contributed by atoms with E-state index in [9.17, 15) is 4.79 Å². The number of amides is 1. The summed E-state index contributed by atoms with van der Waals surface area (Å²) >= 11 is 0. The molecule has 3 rings (SSSR count). The van der Waals surface area contributed by atoms with Crippen molar-refractivity contribution in [3.63, 3.8) is 0 Å². The highest BCUT2D eigenvalue weighted by molar-refractivity contribution is 5.81. The molecule has 2 unspecified atom stereocenters. The molecule has 0 bridgehead atoms. The van der Waals surface area contributed by atoms with Gasteiger partial charge in [-0.2, -0.15) is 0 Å². The monoisotopic (exact) mass is 381 g/mol. The Morgan fingerprint density at radius 3 is 2.57 bits per heavy atom. The van der Waals surface area contributed by atoms with Gasteiger partial charge in [-0.3, -0.25) is 4.79 Å². The van der Waals surface area contributed by atoms with Crippen LogP contribution in [0.15, 0.2) is 42.5 Å². The molecule has 0 radical (unpaired) electrons. The SMILES string of the molecule is CCc1ccc(OC(CC)C(=O)NC2CC(C)(C)Oc3ccc(C)cc32)cc1. The minimum absolute atomic E-state index is 0.0859. The average Bonchev–Trinajstić information content (AvgIpc) is 2.66. The van der Waals surface area contributed by atoms with Gasteiger partial charge in [-0.1, -0.05) is 43.7 Å². The van der Waals surface area contributed by atoms with E-state index in [1.807, 2.05) is 43.3 Å². The van der Waals surface area contributed by atoms with E-state index in [0.717, 1.165) is 35.5 Å². The van der Waals surface area contributed by atoms with Gasteiger partial charge in [0.25, 0.3) is 5.91 Å². The predicted molar refractivity (Wildman–Crippen MR) is 112 cm³/mol. The lowest BCUT2D eigenvalue weighted by atomic mass is 9.88. The van der Waals surface area contributed by atoms with Gasteiger partial charge in [-0.05, 0) is 57.4 Å². The molecule has 0 saturated carbocycles. The first-order chi connectivity index (χ1) is 13.3. The smallest absolute Gasteiger partial charge is 0.261 e. The van der Waals surface area contributed by atoms with Gasteiger partial charge in [0.1, 0.15) is 17.1 Å². The van der Waals surface area contributed by atoms with E-state index in [4.69, 9.17) is 9.47 Å². The van der Waals surface area contributed by atoms with Crippen LogP contribution in [0.4, 0.5) is 0 Å². The first-order valence-corrected chi connectivity index (χ1v) is 10.2. The average molecular weight is 382 g/mol. The van der Waals surface area contributed by atoms with Crippen molar-refractivity contribution >= 4 is 5.91 Å². The first-order valence-electron chi connectivity index (χ1n) is 10.2. The molecule has 2 aromatic rings. The molecule has 0 saturated heterocycles. The van der Waals surface area contributed by atoms with Gasteiger partial charge in [-0.25, -0.2) is 0 Å². The van der Waals surface area contributed by atoms with Crippen LogP contribution in [0.25, 0.3) is 0 Å². The van der Waals surface area contributed by atoms with Crippen LogP contribution in [0, 0.1) is 6.92 Å². The molecule has 2 aromatic carbocycles. The minimum Gasteiger partial charge on any atom is -0.487 e. The molecule has 1 N–H and O–H groups in total. The lowest BCUT2D eigenvalue weighted by Crippen LogP contribution is -2.45. The number of nitrogens with one attached hydrogen (secondary N) is 1. The number of ether oxygens (including phenoxy) is 2. The van der Waals surface area contributed by atoms with E-state index >= 15 is 0 Å². The number of carbonyl (C=O) groups excluding carboxylic acids is 1. The van der Waals surface area contributed by atoms with Crippen LogP contribution in [0.5, 0.6) is 11.5 Å². The summed E-state index contributed by atoms with van der Waals surface area (Å²) in [7, 11) is 0. The highest BCUT2D eigenvalue weighted by atomic mass is 16.5. The maximum Gasteiger partial charge on any atom is 0.261 e. The third kappa shape index (κ3) is 4.67. The van der Waals surface area contributed by atoms with Crippen molar-refractivity contribution < 1.29 is 14.3 Å². The van der Waals surface area contributed by atoms with Crippen LogP contribution in [0.1, 0.15) is 63.3 Å². The summed E-state index contributed by atoms with van der Waals surface area (Å²) in [6.07, 6.45) is 1.79. The maximum atomic E-state index is 13.0. The minimum atomic E-state index is -0.522. The molecular weight excluding hydrogens is 350 g/mol. The van der Waals surface area contributed by atoms with E-state index in [0.29, 0.717) is 6.42 Å². The third-order valence-corrected chi connectivity index (χ3v) is 5.21. The van der Waals surface area contributed by atoms with Crippen LogP contribution >= 0.6 is 0 Å². The van der Waals surface area contributed by atoms with Gasteiger partial charge < -0.3 is 14.8 Å². The Morgan fingerprint density at radius 1 is 1.21 bits per heavy atom. The van der Waals surface area contributed by atoms with Gasteiger partial charge in [0, 0.05) is 12.0 Å². The fraction of sp³-hybridized carbons (Fsp3) is 0.458. The summed E-state index contributed by atoms with van der Waals surface area (Å²) in [5, 5.41) is 3.21. The fourth-order valence-electron chi connectivity index (χ4n) is 3.66. The summed E-state index contributed by atoms with van der Waals surface area (Å²) in [5.41, 5.74) is 3.11. The molecule has 0 aliphatic carbocycles. The molecular formula is C24H31NO3. The number of fused-ring (bicyclic) bond motifs is 1. The predicted octanol–water partition coefficient (Wildman–Crippen LogP) is 5.13. The van der Waals surface area contributed by atoms with Crippen LogP contribution in [0.2, 0.25) is 0 Å². The van der Waals surface area contributed by atoms with E-state index < -0.39 is 6.10 Å². The van der Waals surface area contributed by atoms with Crippen molar-refractivity contribution in [3.8, 4) is 11.5 Å². The zero-order chi connectivity index (χ0) is 20.3. The molecule has 0 aromatic heterocycles. The van der Waals surface area contributed by atoms with Gasteiger partial charge in [0.05, 0.1) is 6.04 Å². The summed E-state index contributed by atoms with van der Waals surface area (Å²) in [5.74, 6) is 1.48. The Balaban J connectivity index is 1.75. The van der Waals surface area contributed by atoms with Crippen molar-refractivity contribution in [1.82, 2.24) is 5.32 Å². The lowest BCUT2D eigenvalue weighted by Gasteiger charge is -2.38. The Kier molecular flexibility index (Phi) is 5.97. The normalized spacial score (nSPS) is 18.5. The molecule has 1 aliphatic heterocycles. The van der Waals surface area contributed by atoms with Gasteiger partial charge in [-0.15, -0.1) is 0 Å². The molecule has 1 aliphatic rings. The Labute approximate surface area is 168 Å². The molecule has 1 heterocycles. The number of aryl methyl sites for hydroxylation is 2. The zero-order valence-corrected chi connectivity index (χ0v) is 17.5. The molecule has 1 amide bonds. The van der Waals surface area contributed by atoms with E-state index in [-0.39, 0.29) is 17.6 Å². The zero-order valence-electron chi connectivity index (χ0n) is 17.5. The quantitative estimate of drug-likeness (QED) is 0.754. The van der Waals surface area contributed by atoms with Gasteiger partial charge in [0.2, 0.25) is 0 Å². The second-order valence-corrected chi connectivity index (χ2v) is 8.18. The first kappa shape index (κ1) is 20.2. The summed E-state index contributed by atoms with van der Waals surface area (Å²) in [6, 6.07) is 14.0. The molecule has 0 fully saturated rings. The van der Waals surface area contributed by atoms with Crippen molar-refractivity contribution in [2.75, 3.05) is 0 Å². The lowest BCUT2D eigenvalue weighted by molar-refractivity contribution is -0.129. The topological polar surface area (TPSA) is 47.6 Å². The Bertz CT molecular complexity index is 826. The van der Waals surface area contributed by atoms with Crippen LogP contribution in [-0.2, 0) is 11.2 Å². The molecule has 0 spiro atoms. The number of hydrogen-bond acceptors (Lipinski definition) is 3. The number of carbonyl (C=O) groups is 1. The second kappa shape index (κ2) is 8.26. The highest BCUT2D eigenvalue weighted by Gasteiger charge is 2.35. The van der Waals surface area contributed by atoms with Crippen molar-refractivity contribution in [2.24, 2.45) is 0 Å². The van der Waals surface area contributed by atoms with Crippen molar-refractivity contribution in [1.29, 1.82) is 0 Å². The molecule has 4 nitrogen and oxygen atoms in total. The number of benzene rings is 2. The van der Waals surface area contributed by atoms with Gasteiger partial charge in [0.15, 0.2) is 6.10 Å². The molecule has 2 atom stereocenters. The number of rotatable bonds is 6. The summed E-state index contributed by atoms with van der Waals surface area (Å²) < 4.78 is 12.1.